The minimum Gasteiger partial charge on any atom is -0.502 e. The lowest BCUT2D eigenvalue weighted by molar-refractivity contribution is 0.0520. The molecule has 0 unspecified atom stereocenters. The number of amides is 1. The fourth-order valence-corrected chi connectivity index (χ4v) is 3.74. The summed E-state index contributed by atoms with van der Waals surface area (Å²) in [5.74, 6) is 0.308. The van der Waals surface area contributed by atoms with Crippen molar-refractivity contribution in [2.24, 2.45) is 0 Å². The van der Waals surface area contributed by atoms with Crippen LogP contribution in [0.4, 0.5) is 10.5 Å². The molecule has 0 bridgehead atoms. The Morgan fingerprint density at radius 3 is 2.42 bits per heavy atom. The third-order valence-electron chi connectivity index (χ3n) is 5.48. The lowest BCUT2D eigenvalue weighted by Crippen LogP contribution is -2.34. The summed E-state index contributed by atoms with van der Waals surface area (Å²) in [6.45, 7) is 5.95. The zero-order valence-electron chi connectivity index (χ0n) is 21.0. The van der Waals surface area contributed by atoms with Crippen molar-refractivity contribution in [2.75, 3.05) is 32.1 Å². The van der Waals surface area contributed by atoms with Crippen LogP contribution >= 0.6 is 0 Å². The van der Waals surface area contributed by atoms with E-state index in [1.54, 1.807) is 51.1 Å². The minimum absolute atomic E-state index is 0.123. The van der Waals surface area contributed by atoms with Crippen LogP contribution in [0.3, 0.4) is 0 Å². The van der Waals surface area contributed by atoms with Gasteiger partial charge < -0.3 is 29.2 Å². The number of nitrogens with zero attached hydrogens (tertiary/aromatic N) is 1. The Morgan fingerprint density at radius 1 is 1.03 bits per heavy atom. The number of carbonyl (C=O) groups is 1. The van der Waals surface area contributed by atoms with E-state index in [1.807, 2.05) is 43.3 Å². The first-order valence-corrected chi connectivity index (χ1v) is 11.6. The molecule has 1 amide bonds. The van der Waals surface area contributed by atoms with Crippen LogP contribution in [-0.2, 0) is 4.74 Å². The number of aromatic hydroxyl groups is 1. The van der Waals surface area contributed by atoms with Crippen LogP contribution < -0.4 is 20.4 Å². The monoisotopic (exact) mass is 490 g/mol. The highest BCUT2D eigenvalue weighted by Crippen LogP contribution is 2.33. The molecular formula is C28H30N2O6. The first-order valence-electron chi connectivity index (χ1n) is 11.6. The van der Waals surface area contributed by atoms with Gasteiger partial charge in [-0.1, -0.05) is 6.07 Å². The third kappa shape index (κ3) is 5.54. The molecule has 0 fully saturated rings. The normalized spacial score (nSPS) is 11.5. The fourth-order valence-electron chi connectivity index (χ4n) is 3.74. The number of ether oxygens (including phenoxy) is 2. The van der Waals surface area contributed by atoms with E-state index in [1.165, 1.54) is 0 Å². The Hall–Kier alpha value is -4.20. The van der Waals surface area contributed by atoms with E-state index < -0.39 is 22.9 Å². The topological polar surface area (TPSA) is 101 Å². The lowest BCUT2D eigenvalue weighted by Gasteiger charge is -2.19. The van der Waals surface area contributed by atoms with Crippen LogP contribution in [0.2, 0.25) is 0 Å². The van der Waals surface area contributed by atoms with Gasteiger partial charge in [-0.15, -0.1) is 0 Å². The number of benzene rings is 3. The van der Waals surface area contributed by atoms with Crippen molar-refractivity contribution >= 4 is 33.5 Å². The molecule has 4 rings (SSSR count). The van der Waals surface area contributed by atoms with E-state index in [-0.39, 0.29) is 18.9 Å². The van der Waals surface area contributed by atoms with Gasteiger partial charge in [0.15, 0.2) is 5.76 Å². The summed E-state index contributed by atoms with van der Waals surface area (Å²) in [5.41, 5.74) is 0.903. The zero-order valence-corrected chi connectivity index (χ0v) is 21.0. The van der Waals surface area contributed by atoms with Crippen LogP contribution in [0.15, 0.2) is 63.8 Å². The number of anilines is 1. The molecule has 0 saturated heterocycles. The molecule has 3 aromatic carbocycles. The molecule has 0 radical (unpaired) electrons. The van der Waals surface area contributed by atoms with Crippen molar-refractivity contribution < 1.29 is 23.8 Å². The van der Waals surface area contributed by atoms with E-state index in [0.29, 0.717) is 22.3 Å². The van der Waals surface area contributed by atoms with Gasteiger partial charge in [0.1, 0.15) is 23.5 Å². The maximum Gasteiger partial charge on any atom is 0.407 e. The Bertz CT molecular complexity index is 1470. The van der Waals surface area contributed by atoms with E-state index in [9.17, 15) is 14.7 Å². The second-order valence-corrected chi connectivity index (χ2v) is 9.68. The van der Waals surface area contributed by atoms with E-state index >= 15 is 0 Å². The van der Waals surface area contributed by atoms with Gasteiger partial charge in [0, 0.05) is 25.3 Å². The summed E-state index contributed by atoms with van der Waals surface area (Å²) >= 11 is 0. The summed E-state index contributed by atoms with van der Waals surface area (Å²) in [4.78, 5) is 26.6. The van der Waals surface area contributed by atoms with Crippen molar-refractivity contribution in [1.82, 2.24) is 5.32 Å². The number of hydrogen-bond donors (Lipinski definition) is 2. The molecular weight excluding hydrogens is 460 g/mol. The van der Waals surface area contributed by atoms with Crippen molar-refractivity contribution in [2.45, 2.75) is 26.4 Å². The van der Waals surface area contributed by atoms with Crippen LogP contribution in [0, 0.1) is 0 Å². The molecule has 2 N–H and O–H groups in total. The van der Waals surface area contributed by atoms with Crippen molar-refractivity contribution in [3.63, 3.8) is 0 Å². The second kappa shape index (κ2) is 9.81. The Labute approximate surface area is 209 Å². The Kier molecular flexibility index (Phi) is 6.79. The van der Waals surface area contributed by atoms with Gasteiger partial charge in [-0.3, -0.25) is 4.79 Å². The quantitative estimate of drug-likeness (QED) is 0.280. The zero-order chi connectivity index (χ0) is 26.0. The van der Waals surface area contributed by atoms with Crippen LogP contribution in [0.25, 0.3) is 33.1 Å². The summed E-state index contributed by atoms with van der Waals surface area (Å²) in [6, 6.07) is 16.3. The van der Waals surface area contributed by atoms with Crippen molar-refractivity contribution in [3.05, 3.63) is 64.8 Å². The Balaban J connectivity index is 1.57. The number of hydrogen-bond acceptors (Lipinski definition) is 7. The van der Waals surface area contributed by atoms with Gasteiger partial charge in [-0.05, 0) is 80.1 Å². The van der Waals surface area contributed by atoms with E-state index in [2.05, 4.69) is 5.32 Å². The predicted molar refractivity (Wildman–Crippen MR) is 141 cm³/mol. The van der Waals surface area contributed by atoms with E-state index in [0.717, 1.165) is 16.5 Å². The molecule has 1 heterocycles. The molecule has 8 heteroatoms. The smallest absolute Gasteiger partial charge is 0.407 e. The second-order valence-electron chi connectivity index (χ2n) is 9.68. The highest BCUT2D eigenvalue weighted by atomic mass is 16.6. The molecule has 188 valence electrons. The first-order chi connectivity index (χ1) is 17.0. The molecule has 0 aliphatic heterocycles. The first kappa shape index (κ1) is 24.9. The molecule has 0 aliphatic carbocycles. The van der Waals surface area contributed by atoms with Crippen molar-refractivity contribution in [3.8, 4) is 22.8 Å². The van der Waals surface area contributed by atoms with E-state index in [4.69, 9.17) is 13.9 Å². The summed E-state index contributed by atoms with van der Waals surface area (Å²) in [7, 11) is 3.87. The van der Waals surface area contributed by atoms with Gasteiger partial charge in [-0.25, -0.2) is 4.79 Å². The van der Waals surface area contributed by atoms with Gasteiger partial charge in [0.2, 0.25) is 11.2 Å². The number of fused-ring (bicyclic) bond motifs is 2. The fraction of sp³-hybridized carbons (Fsp3) is 0.286. The van der Waals surface area contributed by atoms with Crippen LogP contribution in [-0.4, -0.2) is 44.0 Å². The largest absolute Gasteiger partial charge is 0.502 e. The molecule has 0 saturated carbocycles. The van der Waals surface area contributed by atoms with Gasteiger partial charge >= 0.3 is 6.09 Å². The highest BCUT2D eigenvalue weighted by Gasteiger charge is 2.17. The van der Waals surface area contributed by atoms with Gasteiger partial charge in [-0.2, -0.15) is 0 Å². The molecule has 8 nitrogen and oxygen atoms in total. The molecule has 0 aliphatic rings. The average Bonchev–Trinajstić information content (AvgIpc) is 2.82. The third-order valence-corrected chi connectivity index (χ3v) is 5.48. The van der Waals surface area contributed by atoms with Crippen LogP contribution in [0.1, 0.15) is 20.8 Å². The maximum absolute atomic E-state index is 12.9. The molecule has 4 aromatic rings. The van der Waals surface area contributed by atoms with Crippen LogP contribution in [0.5, 0.6) is 11.5 Å². The number of carbonyl (C=O) groups excluding carboxylic acids is 1. The molecule has 36 heavy (non-hydrogen) atoms. The van der Waals surface area contributed by atoms with Crippen molar-refractivity contribution in [1.29, 1.82) is 0 Å². The summed E-state index contributed by atoms with van der Waals surface area (Å²) in [6.07, 6.45) is -0.499. The molecule has 0 spiro atoms. The molecule has 1 aromatic heterocycles. The number of rotatable bonds is 6. The average molecular weight is 491 g/mol. The number of alkyl carbamates (subject to hydrolysis) is 1. The molecule has 0 atom stereocenters. The Morgan fingerprint density at radius 2 is 1.75 bits per heavy atom. The maximum atomic E-state index is 12.9. The highest BCUT2D eigenvalue weighted by molar-refractivity contribution is 5.97. The number of nitrogens with one attached hydrogen (secondary N) is 1. The van der Waals surface area contributed by atoms with Gasteiger partial charge in [0.25, 0.3) is 0 Å². The SMILES string of the molecule is CN(C)c1ccc(-c2oc3cc4cc(OCCNC(=O)OC(C)(C)C)ccc4cc3c(=O)c2O)cc1. The predicted octanol–water partition coefficient (Wildman–Crippen LogP) is 5.29. The lowest BCUT2D eigenvalue weighted by atomic mass is 10.1. The summed E-state index contributed by atoms with van der Waals surface area (Å²) < 4.78 is 17.0. The standard InChI is InChI=1S/C28H30N2O6/c1-28(2,3)36-27(33)29-12-13-34-21-11-8-18-15-22-23(16-19(18)14-21)35-26(25(32)24(22)31)17-6-9-20(10-7-17)30(4)5/h6-11,14-16,32H,12-13H2,1-5H3,(H,29,33). The van der Waals surface area contributed by atoms with Gasteiger partial charge in [0.05, 0.1) is 11.9 Å². The summed E-state index contributed by atoms with van der Waals surface area (Å²) in [5, 5.41) is 15.1. The minimum atomic E-state index is -0.562.